The van der Waals surface area contributed by atoms with Crippen LogP contribution in [0.25, 0.3) is 0 Å². The van der Waals surface area contributed by atoms with Crippen LogP contribution in [0.2, 0.25) is 0 Å². The van der Waals surface area contributed by atoms with Crippen LogP contribution >= 0.6 is 0 Å². The number of ether oxygens (including phenoxy) is 2. The summed E-state index contributed by atoms with van der Waals surface area (Å²) in [6, 6.07) is 17.5. The molecule has 2 aromatic carbocycles. The average molecular weight is 543 g/mol. The molecule has 1 spiro atoms. The van der Waals surface area contributed by atoms with Gasteiger partial charge in [-0.1, -0.05) is 85.0 Å². The second kappa shape index (κ2) is 10.3. The summed E-state index contributed by atoms with van der Waals surface area (Å²) in [6.45, 7) is 2.35. The molecule has 4 aliphatic rings. The smallest absolute Gasteiger partial charge is 0.313 e. The second-order valence-corrected chi connectivity index (χ2v) is 11.2. The number of aliphatic hydroxyl groups excluding tert-OH is 1. The van der Waals surface area contributed by atoms with Crippen LogP contribution in [-0.2, 0) is 36.8 Å². The molecule has 0 aliphatic carbocycles. The highest BCUT2D eigenvalue weighted by Gasteiger charge is 2.75. The number of carbonyl (C=O) groups excluding carboxylic acids is 3. The zero-order chi connectivity index (χ0) is 27.9. The lowest BCUT2D eigenvalue weighted by Gasteiger charge is -2.40. The predicted molar refractivity (Wildman–Crippen MR) is 147 cm³/mol. The molecule has 0 saturated carbocycles. The first-order chi connectivity index (χ1) is 19.4. The molecule has 0 bridgehead atoms. The Labute approximate surface area is 233 Å². The lowest BCUT2D eigenvalue weighted by atomic mass is 9.74. The Morgan fingerprint density at radius 1 is 0.925 bits per heavy atom. The third kappa shape index (κ3) is 4.26. The van der Waals surface area contributed by atoms with Crippen LogP contribution in [0, 0.1) is 11.8 Å². The number of carbonyl (C=O) groups is 3. The molecule has 6 atom stereocenters. The SMILES string of the molecule is C[C@@]12C=CCCOC(=O)[C@@H]1[C@H]1C(=O)N([C@@H](CO)Cc3ccccc3)C3C(=O)N(Cc4ccccc4)CC=C[C@@]31O2. The van der Waals surface area contributed by atoms with E-state index in [0.29, 0.717) is 25.9 Å². The summed E-state index contributed by atoms with van der Waals surface area (Å²) in [5.41, 5.74) is -0.632. The number of hydrogen-bond donors (Lipinski definition) is 1. The monoisotopic (exact) mass is 542 g/mol. The Morgan fingerprint density at radius 2 is 1.62 bits per heavy atom. The zero-order valence-electron chi connectivity index (χ0n) is 22.5. The van der Waals surface area contributed by atoms with E-state index in [2.05, 4.69) is 0 Å². The van der Waals surface area contributed by atoms with Gasteiger partial charge in [0, 0.05) is 13.1 Å². The lowest BCUT2D eigenvalue weighted by Crippen LogP contribution is -2.59. The van der Waals surface area contributed by atoms with Gasteiger partial charge in [0.05, 0.1) is 30.8 Å². The zero-order valence-corrected chi connectivity index (χ0v) is 22.5. The molecule has 40 heavy (non-hydrogen) atoms. The number of aliphatic hydroxyl groups is 1. The molecule has 8 nitrogen and oxygen atoms in total. The summed E-state index contributed by atoms with van der Waals surface area (Å²) in [5, 5.41) is 10.6. The van der Waals surface area contributed by atoms with E-state index in [1.165, 1.54) is 4.90 Å². The van der Waals surface area contributed by atoms with Gasteiger partial charge in [0.15, 0.2) is 0 Å². The quantitative estimate of drug-likeness (QED) is 0.446. The molecule has 4 aliphatic heterocycles. The molecule has 0 radical (unpaired) electrons. The minimum atomic E-state index is -1.39. The second-order valence-electron chi connectivity index (χ2n) is 11.2. The molecule has 208 valence electrons. The van der Waals surface area contributed by atoms with Crippen molar-refractivity contribution in [3.8, 4) is 0 Å². The molecule has 1 N–H and O–H groups in total. The van der Waals surface area contributed by atoms with E-state index in [4.69, 9.17) is 9.47 Å². The fraction of sp³-hybridized carbons (Fsp3) is 0.406. The lowest BCUT2D eigenvalue weighted by molar-refractivity contribution is -0.162. The Kier molecular flexibility index (Phi) is 6.84. The minimum Gasteiger partial charge on any atom is -0.465 e. The van der Waals surface area contributed by atoms with E-state index >= 15 is 0 Å². The van der Waals surface area contributed by atoms with Gasteiger partial charge < -0.3 is 24.4 Å². The largest absolute Gasteiger partial charge is 0.465 e. The Morgan fingerprint density at radius 3 is 2.33 bits per heavy atom. The number of likely N-dealkylation sites (tertiary alicyclic amines) is 1. The van der Waals surface area contributed by atoms with Crippen LogP contribution in [0.1, 0.15) is 24.5 Å². The third-order valence-electron chi connectivity index (χ3n) is 8.68. The highest BCUT2D eigenvalue weighted by Crippen LogP contribution is 2.57. The maximum absolute atomic E-state index is 14.5. The number of amides is 2. The summed E-state index contributed by atoms with van der Waals surface area (Å²) < 4.78 is 12.4. The summed E-state index contributed by atoms with van der Waals surface area (Å²) >= 11 is 0. The highest BCUT2D eigenvalue weighted by molar-refractivity contribution is 5.99. The molecule has 2 aromatic rings. The minimum absolute atomic E-state index is 0.218. The Bertz CT molecular complexity index is 1340. The molecule has 2 amide bonds. The first-order valence-corrected chi connectivity index (χ1v) is 13.9. The third-order valence-corrected chi connectivity index (χ3v) is 8.68. The number of cyclic esters (lactones) is 1. The van der Waals surface area contributed by atoms with Gasteiger partial charge in [-0.3, -0.25) is 14.4 Å². The molecule has 0 aromatic heterocycles. The number of benzene rings is 2. The summed E-state index contributed by atoms with van der Waals surface area (Å²) in [6.07, 6.45) is 8.33. The van der Waals surface area contributed by atoms with Crippen molar-refractivity contribution in [1.82, 2.24) is 9.80 Å². The topological polar surface area (TPSA) is 96.4 Å². The molecule has 8 heteroatoms. The van der Waals surface area contributed by atoms with Crippen molar-refractivity contribution in [2.24, 2.45) is 11.8 Å². The standard InChI is InChI=1S/C32H34N2O6/c1-31-15-8-9-18-39-30(38)26(31)25-28(36)34(24(21-35)19-22-11-4-2-5-12-22)27-29(37)33(17-10-16-32(25,27)40-31)20-23-13-6-3-7-14-23/h2-8,10-16,24-27,35H,9,17-21H2,1H3/t24-,25+,26+,27?,31-,32+/m1/s1. The highest BCUT2D eigenvalue weighted by atomic mass is 16.6. The van der Waals surface area contributed by atoms with E-state index in [1.54, 1.807) is 11.8 Å². The Hall–Kier alpha value is -3.75. The van der Waals surface area contributed by atoms with Crippen molar-refractivity contribution in [3.05, 3.63) is 96.1 Å². The first-order valence-electron chi connectivity index (χ1n) is 13.9. The van der Waals surface area contributed by atoms with E-state index in [1.807, 2.05) is 85.0 Å². The van der Waals surface area contributed by atoms with Gasteiger partial charge in [-0.05, 0) is 30.9 Å². The van der Waals surface area contributed by atoms with Gasteiger partial charge in [-0.25, -0.2) is 0 Å². The molecule has 2 saturated heterocycles. The van der Waals surface area contributed by atoms with Crippen molar-refractivity contribution in [2.75, 3.05) is 19.8 Å². The van der Waals surface area contributed by atoms with Gasteiger partial charge in [-0.2, -0.15) is 0 Å². The van der Waals surface area contributed by atoms with Gasteiger partial charge in [0.1, 0.15) is 17.6 Å². The maximum atomic E-state index is 14.5. The molecular weight excluding hydrogens is 508 g/mol. The van der Waals surface area contributed by atoms with Gasteiger partial charge >= 0.3 is 5.97 Å². The molecular formula is C32H34N2O6. The molecule has 4 heterocycles. The normalized spacial score (nSPS) is 32.0. The van der Waals surface area contributed by atoms with Crippen LogP contribution in [0.5, 0.6) is 0 Å². The predicted octanol–water partition coefficient (Wildman–Crippen LogP) is 2.66. The summed E-state index contributed by atoms with van der Waals surface area (Å²) in [5.74, 6) is -3.05. The van der Waals surface area contributed by atoms with Gasteiger partial charge in [0.25, 0.3) is 0 Å². The number of rotatable bonds is 6. The van der Waals surface area contributed by atoms with E-state index in [0.717, 1.165) is 11.1 Å². The fourth-order valence-electron chi connectivity index (χ4n) is 6.95. The Balaban J connectivity index is 1.46. The van der Waals surface area contributed by atoms with Crippen LogP contribution in [-0.4, -0.2) is 75.7 Å². The number of esters is 1. The molecule has 2 fully saturated rings. The van der Waals surface area contributed by atoms with E-state index in [-0.39, 0.29) is 25.0 Å². The first kappa shape index (κ1) is 26.5. The van der Waals surface area contributed by atoms with Crippen LogP contribution in [0.3, 0.4) is 0 Å². The number of fused-ring (bicyclic) bond motifs is 2. The fourth-order valence-corrected chi connectivity index (χ4v) is 6.95. The van der Waals surface area contributed by atoms with Crippen molar-refractivity contribution < 1.29 is 29.0 Å². The number of hydrogen-bond acceptors (Lipinski definition) is 6. The molecule has 1 unspecified atom stereocenters. The van der Waals surface area contributed by atoms with Crippen LogP contribution in [0.15, 0.2) is 85.0 Å². The van der Waals surface area contributed by atoms with Crippen LogP contribution < -0.4 is 0 Å². The van der Waals surface area contributed by atoms with Crippen molar-refractivity contribution >= 4 is 17.8 Å². The summed E-state index contributed by atoms with van der Waals surface area (Å²) in [7, 11) is 0. The summed E-state index contributed by atoms with van der Waals surface area (Å²) in [4.78, 5) is 45.7. The van der Waals surface area contributed by atoms with Crippen molar-refractivity contribution in [1.29, 1.82) is 0 Å². The number of nitrogens with zero attached hydrogens (tertiary/aromatic N) is 2. The average Bonchev–Trinajstić information content (AvgIpc) is 3.29. The van der Waals surface area contributed by atoms with Crippen LogP contribution in [0.4, 0.5) is 0 Å². The molecule has 6 rings (SSSR count). The van der Waals surface area contributed by atoms with Crippen molar-refractivity contribution in [2.45, 2.75) is 49.6 Å². The van der Waals surface area contributed by atoms with Crippen molar-refractivity contribution in [3.63, 3.8) is 0 Å². The van der Waals surface area contributed by atoms with E-state index in [9.17, 15) is 19.5 Å². The van der Waals surface area contributed by atoms with E-state index < -0.39 is 41.1 Å². The van der Waals surface area contributed by atoms with Gasteiger partial charge in [0.2, 0.25) is 11.8 Å². The maximum Gasteiger partial charge on any atom is 0.313 e. The van der Waals surface area contributed by atoms with Gasteiger partial charge in [-0.15, -0.1) is 0 Å².